The Kier molecular flexibility index (Phi) is 6.54. The molecule has 2 N–H and O–H groups in total. The third-order valence-corrected chi connectivity index (χ3v) is 5.11. The molecule has 176 valence electrons. The number of amides is 3. The second kappa shape index (κ2) is 9.87. The van der Waals surface area contributed by atoms with Gasteiger partial charge in [-0.25, -0.2) is 5.01 Å². The summed E-state index contributed by atoms with van der Waals surface area (Å²) in [5.74, 6) is -2.07. The van der Waals surface area contributed by atoms with Crippen molar-refractivity contribution in [3.63, 3.8) is 0 Å². The van der Waals surface area contributed by atoms with Gasteiger partial charge in [0.05, 0.1) is 10.6 Å². The van der Waals surface area contributed by atoms with Crippen LogP contribution in [-0.4, -0.2) is 29.3 Å². The molecule has 1 heterocycles. The summed E-state index contributed by atoms with van der Waals surface area (Å²) >= 11 is 0. The summed E-state index contributed by atoms with van der Waals surface area (Å²) in [4.78, 5) is 48.7. The van der Waals surface area contributed by atoms with Gasteiger partial charge in [-0.3, -0.25) is 29.9 Å². The number of hydrogen-bond acceptors (Lipinski definition) is 6. The Labute approximate surface area is 199 Å². The van der Waals surface area contributed by atoms with Crippen LogP contribution in [0.1, 0.15) is 11.1 Å². The maximum absolute atomic E-state index is 12.9. The normalized spacial score (nSPS) is 14.1. The van der Waals surface area contributed by atoms with Crippen LogP contribution in [-0.2, 0) is 14.4 Å². The minimum absolute atomic E-state index is 0.107. The van der Waals surface area contributed by atoms with Gasteiger partial charge in [0.15, 0.2) is 6.61 Å². The molecule has 10 nitrogen and oxygen atoms in total. The van der Waals surface area contributed by atoms with Gasteiger partial charge in [0.25, 0.3) is 17.7 Å². The average molecular weight is 472 g/mol. The smallest absolute Gasteiger partial charge is 0.311 e. The molecule has 0 aromatic heterocycles. The Morgan fingerprint density at radius 1 is 1.06 bits per heavy atom. The second-order valence-corrected chi connectivity index (χ2v) is 7.63. The number of hydrazine groups is 1. The standard InChI is InChI=1S/C25H20N4O6/c1-16-10-12-18(13-11-16)26-22(30)15-35-23-17(6-5-9-21(23)29(33)34)14-20-24(31)27-28(25(20)32)19-7-3-2-4-8-19/h2-14H,15H2,1H3,(H,26,30)(H,27,31)/b20-14-. The van der Waals surface area contributed by atoms with E-state index in [4.69, 9.17) is 4.74 Å². The molecule has 0 aliphatic carbocycles. The number of ether oxygens (including phenoxy) is 1. The van der Waals surface area contributed by atoms with Gasteiger partial charge in [0, 0.05) is 17.3 Å². The van der Waals surface area contributed by atoms with E-state index in [1.165, 1.54) is 24.3 Å². The van der Waals surface area contributed by atoms with Crippen LogP contribution in [0.15, 0.2) is 78.4 Å². The fourth-order valence-corrected chi connectivity index (χ4v) is 3.40. The number of carbonyl (C=O) groups excluding carboxylic acids is 3. The Balaban J connectivity index is 1.59. The van der Waals surface area contributed by atoms with Gasteiger partial charge in [0.2, 0.25) is 5.75 Å². The number of rotatable bonds is 7. The van der Waals surface area contributed by atoms with E-state index in [1.807, 2.05) is 19.1 Å². The molecule has 0 spiro atoms. The van der Waals surface area contributed by atoms with E-state index in [-0.39, 0.29) is 16.9 Å². The van der Waals surface area contributed by atoms with E-state index in [9.17, 15) is 24.5 Å². The second-order valence-electron chi connectivity index (χ2n) is 7.63. The van der Waals surface area contributed by atoms with Crippen LogP contribution in [0.2, 0.25) is 0 Å². The van der Waals surface area contributed by atoms with E-state index in [0.29, 0.717) is 11.4 Å². The summed E-state index contributed by atoms with van der Waals surface area (Å²) < 4.78 is 5.52. The quantitative estimate of drug-likeness (QED) is 0.235. The minimum atomic E-state index is -0.673. The average Bonchev–Trinajstić information content (AvgIpc) is 3.13. The lowest BCUT2D eigenvalue weighted by atomic mass is 10.1. The first kappa shape index (κ1) is 23.2. The molecule has 1 fully saturated rings. The molecule has 3 amide bonds. The number of nitro benzene ring substituents is 1. The van der Waals surface area contributed by atoms with Crippen LogP contribution >= 0.6 is 0 Å². The van der Waals surface area contributed by atoms with Gasteiger partial charge in [0.1, 0.15) is 5.57 Å². The monoisotopic (exact) mass is 472 g/mol. The Bertz CT molecular complexity index is 1340. The molecule has 3 aromatic rings. The topological polar surface area (TPSA) is 131 Å². The third-order valence-electron chi connectivity index (χ3n) is 5.11. The van der Waals surface area contributed by atoms with Crippen molar-refractivity contribution in [1.29, 1.82) is 0 Å². The van der Waals surface area contributed by atoms with Gasteiger partial charge >= 0.3 is 5.69 Å². The molecule has 10 heteroatoms. The number of aryl methyl sites for hydroxylation is 1. The van der Waals surface area contributed by atoms with Crippen LogP contribution in [0.5, 0.6) is 5.75 Å². The molecule has 0 radical (unpaired) electrons. The SMILES string of the molecule is Cc1ccc(NC(=O)COc2c(/C=C3/C(=O)NN(c4ccccc4)C3=O)cccc2[N+](=O)[O-])cc1. The highest BCUT2D eigenvalue weighted by molar-refractivity contribution is 6.31. The highest BCUT2D eigenvalue weighted by Crippen LogP contribution is 2.33. The summed E-state index contributed by atoms with van der Waals surface area (Å²) in [6.07, 6.45) is 1.21. The van der Waals surface area contributed by atoms with Crippen molar-refractivity contribution >= 4 is 40.9 Å². The molecule has 0 unspecified atom stereocenters. The fraction of sp³-hybridized carbons (Fsp3) is 0.0800. The van der Waals surface area contributed by atoms with Crippen molar-refractivity contribution in [3.8, 4) is 5.75 Å². The van der Waals surface area contributed by atoms with Crippen molar-refractivity contribution in [2.24, 2.45) is 0 Å². The highest BCUT2D eigenvalue weighted by atomic mass is 16.6. The summed E-state index contributed by atoms with van der Waals surface area (Å²) in [5.41, 5.74) is 3.95. The number of hydrogen-bond donors (Lipinski definition) is 2. The molecule has 0 atom stereocenters. The lowest BCUT2D eigenvalue weighted by molar-refractivity contribution is -0.385. The van der Waals surface area contributed by atoms with Gasteiger partial charge in [-0.2, -0.15) is 0 Å². The maximum atomic E-state index is 12.9. The molecule has 1 saturated heterocycles. The predicted molar refractivity (Wildman–Crippen MR) is 128 cm³/mol. The zero-order valence-corrected chi connectivity index (χ0v) is 18.6. The molecule has 3 aromatic carbocycles. The summed E-state index contributed by atoms with van der Waals surface area (Å²) in [5, 5.41) is 15.3. The predicted octanol–water partition coefficient (Wildman–Crippen LogP) is 3.38. The van der Waals surface area contributed by atoms with Gasteiger partial charge < -0.3 is 10.1 Å². The van der Waals surface area contributed by atoms with Crippen LogP contribution in [0.25, 0.3) is 6.08 Å². The number of nitro groups is 1. The van der Waals surface area contributed by atoms with Gasteiger partial charge in [-0.15, -0.1) is 0 Å². The molecule has 0 bridgehead atoms. The van der Waals surface area contributed by atoms with Crippen molar-refractivity contribution < 1.29 is 24.0 Å². The molecular formula is C25H20N4O6. The fourth-order valence-electron chi connectivity index (χ4n) is 3.40. The van der Waals surface area contributed by atoms with Crippen molar-refractivity contribution in [2.45, 2.75) is 6.92 Å². The molecule has 35 heavy (non-hydrogen) atoms. The Hall–Kier alpha value is -4.99. The van der Waals surface area contributed by atoms with Crippen molar-refractivity contribution in [1.82, 2.24) is 5.43 Å². The van der Waals surface area contributed by atoms with Crippen molar-refractivity contribution in [2.75, 3.05) is 16.9 Å². The maximum Gasteiger partial charge on any atom is 0.311 e. The first-order chi connectivity index (χ1) is 16.8. The van der Waals surface area contributed by atoms with E-state index >= 15 is 0 Å². The zero-order valence-electron chi connectivity index (χ0n) is 18.6. The van der Waals surface area contributed by atoms with Gasteiger partial charge in [-0.05, 0) is 37.3 Å². The highest BCUT2D eigenvalue weighted by Gasteiger charge is 2.35. The first-order valence-corrected chi connectivity index (χ1v) is 10.5. The molecule has 1 aliphatic heterocycles. The minimum Gasteiger partial charge on any atom is -0.476 e. The van der Waals surface area contributed by atoms with Crippen LogP contribution < -0.4 is 20.5 Å². The number of benzene rings is 3. The lowest BCUT2D eigenvalue weighted by Crippen LogP contribution is -2.35. The van der Waals surface area contributed by atoms with Crippen LogP contribution in [0.4, 0.5) is 17.1 Å². The summed E-state index contributed by atoms with van der Waals surface area (Å²) in [6, 6.07) is 19.6. The third kappa shape index (κ3) is 5.17. The number of nitrogens with one attached hydrogen (secondary N) is 2. The van der Waals surface area contributed by atoms with E-state index < -0.39 is 34.9 Å². The Morgan fingerprint density at radius 3 is 2.46 bits per heavy atom. The first-order valence-electron chi connectivity index (χ1n) is 10.5. The van der Waals surface area contributed by atoms with E-state index in [1.54, 1.807) is 42.5 Å². The number of carbonyl (C=O) groups is 3. The van der Waals surface area contributed by atoms with E-state index in [0.717, 1.165) is 10.6 Å². The van der Waals surface area contributed by atoms with E-state index in [2.05, 4.69) is 10.7 Å². The van der Waals surface area contributed by atoms with Crippen LogP contribution in [0, 0.1) is 17.0 Å². The van der Waals surface area contributed by atoms with Crippen LogP contribution in [0.3, 0.4) is 0 Å². The molecule has 0 saturated carbocycles. The van der Waals surface area contributed by atoms with Crippen molar-refractivity contribution in [3.05, 3.63) is 99.6 Å². The van der Waals surface area contributed by atoms with Gasteiger partial charge in [-0.1, -0.05) is 48.0 Å². The molecule has 1 aliphatic rings. The lowest BCUT2D eigenvalue weighted by Gasteiger charge is -2.14. The molecule has 4 rings (SSSR count). The number of nitrogens with zero attached hydrogens (tertiary/aromatic N) is 2. The number of anilines is 2. The summed E-state index contributed by atoms with van der Waals surface area (Å²) in [7, 11) is 0. The zero-order chi connectivity index (χ0) is 24.9. The number of para-hydroxylation sites is 2. The Morgan fingerprint density at radius 2 is 1.77 bits per heavy atom. The molecular weight excluding hydrogens is 452 g/mol. The summed E-state index contributed by atoms with van der Waals surface area (Å²) in [6.45, 7) is 1.39. The largest absolute Gasteiger partial charge is 0.476 e.